The minimum atomic E-state index is -0.267. The van der Waals surface area contributed by atoms with Crippen molar-refractivity contribution < 1.29 is 4.79 Å². The number of halogens is 1. The molecule has 0 fully saturated rings. The highest BCUT2D eigenvalue weighted by Crippen LogP contribution is 2.25. The minimum absolute atomic E-state index is 0.0719. The van der Waals surface area contributed by atoms with E-state index in [-0.39, 0.29) is 11.8 Å². The molecule has 0 aliphatic rings. The van der Waals surface area contributed by atoms with Crippen LogP contribution in [-0.4, -0.2) is 15.7 Å². The van der Waals surface area contributed by atoms with Gasteiger partial charge in [0.25, 0.3) is 5.91 Å². The van der Waals surface area contributed by atoms with E-state index in [0.29, 0.717) is 21.8 Å². The Morgan fingerprint density at radius 1 is 1.23 bits per heavy atom. The fourth-order valence-corrected chi connectivity index (χ4v) is 2.95. The number of rotatable bonds is 4. The maximum atomic E-state index is 12.8. The quantitative estimate of drug-likeness (QED) is 0.724. The van der Waals surface area contributed by atoms with Crippen LogP contribution in [0.4, 0.5) is 5.69 Å². The SMILES string of the molecule is CC(C)c1c(C(=O)Nc2cccc(C#N)c2)cnn1-c1cccc(Cl)c1. The van der Waals surface area contributed by atoms with Gasteiger partial charge in [-0.2, -0.15) is 10.4 Å². The number of carbonyl (C=O) groups excluding carboxylic acids is 1. The van der Waals surface area contributed by atoms with Crippen molar-refractivity contribution >= 4 is 23.2 Å². The van der Waals surface area contributed by atoms with E-state index < -0.39 is 0 Å². The van der Waals surface area contributed by atoms with Crippen LogP contribution in [0.3, 0.4) is 0 Å². The van der Waals surface area contributed by atoms with Crippen LogP contribution in [0.15, 0.2) is 54.7 Å². The number of hydrogen-bond donors (Lipinski definition) is 1. The van der Waals surface area contributed by atoms with Gasteiger partial charge in [0.2, 0.25) is 0 Å². The van der Waals surface area contributed by atoms with E-state index in [0.717, 1.165) is 11.4 Å². The van der Waals surface area contributed by atoms with E-state index in [1.165, 1.54) is 0 Å². The molecule has 0 spiro atoms. The second-order valence-corrected chi connectivity index (χ2v) is 6.57. The molecule has 0 saturated heterocycles. The zero-order chi connectivity index (χ0) is 18.7. The predicted molar refractivity (Wildman–Crippen MR) is 102 cm³/mol. The number of hydrogen-bond acceptors (Lipinski definition) is 3. The fourth-order valence-electron chi connectivity index (χ4n) is 2.77. The van der Waals surface area contributed by atoms with E-state index in [4.69, 9.17) is 16.9 Å². The Labute approximate surface area is 156 Å². The van der Waals surface area contributed by atoms with Gasteiger partial charge in [-0.25, -0.2) is 4.68 Å². The fraction of sp³-hybridized carbons (Fsp3) is 0.150. The second-order valence-electron chi connectivity index (χ2n) is 6.14. The van der Waals surface area contributed by atoms with Gasteiger partial charge in [-0.05, 0) is 42.3 Å². The van der Waals surface area contributed by atoms with Gasteiger partial charge in [0, 0.05) is 10.7 Å². The van der Waals surface area contributed by atoms with Gasteiger partial charge in [-0.3, -0.25) is 4.79 Å². The van der Waals surface area contributed by atoms with Crippen molar-refractivity contribution in [3.8, 4) is 11.8 Å². The molecular formula is C20H17ClN4O. The van der Waals surface area contributed by atoms with Crippen molar-refractivity contribution in [3.05, 3.63) is 76.6 Å². The molecule has 0 atom stereocenters. The maximum Gasteiger partial charge on any atom is 0.259 e. The first-order valence-corrected chi connectivity index (χ1v) is 8.52. The molecule has 130 valence electrons. The molecule has 3 aromatic rings. The van der Waals surface area contributed by atoms with Gasteiger partial charge < -0.3 is 5.32 Å². The molecule has 0 aliphatic heterocycles. The third kappa shape index (κ3) is 3.61. The summed E-state index contributed by atoms with van der Waals surface area (Å²) in [5.74, 6) is -0.195. The summed E-state index contributed by atoms with van der Waals surface area (Å²) in [6.07, 6.45) is 1.56. The van der Waals surface area contributed by atoms with Gasteiger partial charge in [-0.1, -0.05) is 37.6 Å². The first kappa shape index (κ1) is 17.7. The minimum Gasteiger partial charge on any atom is -0.322 e. The van der Waals surface area contributed by atoms with E-state index in [1.54, 1.807) is 47.3 Å². The number of anilines is 1. The van der Waals surface area contributed by atoms with Crippen LogP contribution in [0.25, 0.3) is 5.69 Å². The Morgan fingerprint density at radius 2 is 2.00 bits per heavy atom. The zero-order valence-corrected chi connectivity index (χ0v) is 15.2. The van der Waals surface area contributed by atoms with Gasteiger partial charge in [0.1, 0.15) is 0 Å². The first-order valence-electron chi connectivity index (χ1n) is 8.15. The smallest absolute Gasteiger partial charge is 0.259 e. The third-order valence-corrected chi connectivity index (χ3v) is 4.14. The van der Waals surface area contributed by atoms with Crippen molar-refractivity contribution in [2.24, 2.45) is 0 Å². The van der Waals surface area contributed by atoms with Crippen molar-refractivity contribution in [2.45, 2.75) is 19.8 Å². The number of aromatic nitrogens is 2. The van der Waals surface area contributed by atoms with Crippen molar-refractivity contribution in [2.75, 3.05) is 5.32 Å². The average Bonchev–Trinajstić information content (AvgIpc) is 3.07. The summed E-state index contributed by atoms with van der Waals surface area (Å²) in [5.41, 5.74) is 3.14. The predicted octanol–water partition coefficient (Wildman–Crippen LogP) is 4.77. The summed E-state index contributed by atoms with van der Waals surface area (Å²) < 4.78 is 1.73. The maximum absolute atomic E-state index is 12.8. The molecule has 0 unspecified atom stereocenters. The zero-order valence-electron chi connectivity index (χ0n) is 14.4. The monoisotopic (exact) mass is 364 g/mol. The van der Waals surface area contributed by atoms with Crippen molar-refractivity contribution in [1.82, 2.24) is 9.78 Å². The lowest BCUT2D eigenvalue weighted by Gasteiger charge is -2.13. The van der Waals surface area contributed by atoms with E-state index in [9.17, 15) is 4.79 Å². The molecule has 2 aromatic carbocycles. The number of amides is 1. The topological polar surface area (TPSA) is 70.7 Å². The second kappa shape index (κ2) is 7.42. The lowest BCUT2D eigenvalue weighted by atomic mass is 10.0. The molecule has 0 radical (unpaired) electrons. The molecule has 26 heavy (non-hydrogen) atoms. The highest BCUT2D eigenvalue weighted by Gasteiger charge is 2.21. The van der Waals surface area contributed by atoms with Crippen LogP contribution in [0.1, 0.15) is 41.4 Å². The molecule has 0 aliphatic carbocycles. The molecule has 6 heteroatoms. The Bertz CT molecular complexity index is 1000. The van der Waals surface area contributed by atoms with E-state index in [1.807, 2.05) is 26.0 Å². The molecule has 1 amide bonds. The Kier molecular flexibility index (Phi) is 5.06. The molecule has 1 N–H and O–H groups in total. The summed E-state index contributed by atoms with van der Waals surface area (Å²) in [6, 6.07) is 16.2. The van der Waals surface area contributed by atoms with Gasteiger partial charge >= 0.3 is 0 Å². The number of nitrogens with zero attached hydrogens (tertiary/aromatic N) is 3. The molecule has 1 aromatic heterocycles. The highest BCUT2D eigenvalue weighted by molar-refractivity contribution is 6.30. The Hall–Kier alpha value is -3.10. The van der Waals surface area contributed by atoms with Crippen molar-refractivity contribution in [3.63, 3.8) is 0 Å². The summed E-state index contributed by atoms with van der Waals surface area (Å²) in [4.78, 5) is 12.8. The Morgan fingerprint density at radius 3 is 2.69 bits per heavy atom. The van der Waals surface area contributed by atoms with Crippen LogP contribution >= 0.6 is 11.6 Å². The lowest BCUT2D eigenvalue weighted by Crippen LogP contribution is -2.15. The van der Waals surface area contributed by atoms with Gasteiger partial charge in [-0.15, -0.1) is 0 Å². The summed E-state index contributed by atoms with van der Waals surface area (Å²) in [7, 11) is 0. The molecule has 0 bridgehead atoms. The highest BCUT2D eigenvalue weighted by atomic mass is 35.5. The number of benzene rings is 2. The largest absolute Gasteiger partial charge is 0.322 e. The van der Waals surface area contributed by atoms with E-state index >= 15 is 0 Å². The lowest BCUT2D eigenvalue weighted by molar-refractivity contribution is 0.102. The Balaban J connectivity index is 1.97. The van der Waals surface area contributed by atoms with Crippen molar-refractivity contribution in [1.29, 1.82) is 5.26 Å². The van der Waals surface area contributed by atoms with Crippen LogP contribution in [0.5, 0.6) is 0 Å². The van der Waals surface area contributed by atoms with Crippen LogP contribution in [-0.2, 0) is 0 Å². The number of nitrogens with one attached hydrogen (secondary N) is 1. The van der Waals surface area contributed by atoms with Gasteiger partial charge in [0.05, 0.1) is 34.8 Å². The van der Waals surface area contributed by atoms with E-state index in [2.05, 4.69) is 16.5 Å². The number of carbonyl (C=O) groups is 1. The third-order valence-electron chi connectivity index (χ3n) is 3.90. The van der Waals surface area contributed by atoms with Crippen LogP contribution in [0.2, 0.25) is 5.02 Å². The molecule has 0 saturated carbocycles. The molecule has 3 rings (SSSR count). The number of nitriles is 1. The van der Waals surface area contributed by atoms with Crippen LogP contribution in [0, 0.1) is 11.3 Å². The van der Waals surface area contributed by atoms with Gasteiger partial charge in [0.15, 0.2) is 0 Å². The molecule has 5 nitrogen and oxygen atoms in total. The summed E-state index contributed by atoms with van der Waals surface area (Å²) in [5, 5.41) is 16.8. The molecule has 1 heterocycles. The molecular weight excluding hydrogens is 348 g/mol. The van der Waals surface area contributed by atoms with Crippen LogP contribution < -0.4 is 5.32 Å². The first-order chi connectivity index (χ1) is 12.5. The normalized spacial score (nSPS) is 10.6. The standard InChI is InChI=1S/C20H17ClN4O/c1-13(2)19-18(12-23-25(19)17-8-4-6-15(21)10-17)20(26)24-16-7-3-5-14(9-16)11-22/h3-10,12-13H,1-2H3,(H,24,26). The average molecular weight is 365 g/mol. The summed E-state index contributed by atoms with van der Waals surface area (Å²) >= 11 is 6.09. The summed E-state index contributed by atoms with van der Waals surface area (Å²) in [6.45, 7) is 4.01.